The van der Waals surface area contributed by atoms with Crippen molar-refractivity contribution in [1.29, 1.82) is 0 Å². The van der Waals surface area contributed by atoms with Gasteiger partial charge in [0, 0.05) is 5.69 Å². The minimum Gasteiger partial charge on any atom is -0.325 e. The lowest BCUT2D eigenvalue weighted by atomic mass is 10.2. The van der Waals surface area contributed by atoms with Gasteiger partial charge in [-0.05, 0) is 53.6 Å². The Balaban J connectivity index is 1.70. The Morgan fingerprint density at radius 1 is 1.18 bits per heavy atom. The summed E-state index contributed by atoms with van der Waals surface area (Å²) < 4.78 is 24.8. The number of primary sulfonamides is 1. The molecule has 0 saturated heterocycles. The van der Waals surface area contributed by atoms with Crippen molar-refractivity contribution in [3.8, 4) is 5.69 Å². The van der Waals surface area contributed by atoms with Gasteiger partial charge in [0.25, 0.3) is 0 Å². The van der Waals surface area contributed by atoms with E-state index in [9.17, 15) is 13.2 Å². The van der Waals surface area contributed by atoms with Crippen molar-refractivity contribution in [2.45, 2.75) is 23.9 Å². The predicted molar refractivity (Wildman–Crippen MR) is 106 cm³/mol. The van der Waals surface area contributed by atoms with Gasteiger partial charge in [-0.3, -0.25) is 4.79 Å². The van der Waals surface area contributed by atoms with Crippen molar-refractivity contribution in [2.24, 2.45) is 5.14 Å². The molecule has 28 heavy (non-hydrogen) atoms. The van der Waals surface area contributed by atoms with Crippen LogP contribution in [0.1, 0.15) is 11.1 Å². The van der Waals surface area contributed by atoms with E-state index in [0.717, 1.165) is 11.3 Å². The topological polar surface area (TPSA) is 133 Å². The van der Waals surface area contributed by atoms with Crippen LogP contribution in [0.5, 0.6) is 0 Å². The number of hydrogen-bond donors (Lipinski definition) is 2. The highest BCUT2D eigenvalue weighted by Gasteiger charge is 2.15. The third kappa shape index (κ3) is 4.55. The summed E-state index contributed by atoms with van der Waals surface area (Å²) in [6.45, 7) is 3.57. The average Bonchev–Trinajstić information content (AvgIpc) is 3.09. The molecule has 0 atom stereocenters. The number of tetrazole rings is 1. The first kappa shape index (κ1) is 20.0. The Morgan fingerprint density at radius 3 is 2.64 bits per heavy atom. The number of rotatable bonds is 6. The van der Waals surface area contributed by atoms with Gasteiger partial charge in [-0.2, -0.15) is 4.68 Å². The molecule has 11 heteroatoms. The molecule has 0 aliphatic carbocycles. The van der Waals surface area contributed by atoms with Crippen LogP contribution in [0.15, 0.2) is 52.5 Å². The monoisotopic (exact) mass is 418 g/mol. The van der Waals surface area contributed by atoms with Crippen molar-refractivity contribution in [3.05, 3.63) is 53.6 Å². The Morgan fingerprint density at radius 2 is 1.93 bits per heavy atom. The Kier molecular flexibility index (Phi) is 5.77. The van der Waals surface area contributed by atoms with Crippen molar-refractivity contribution >= 4 is 33.4 Å². The maximum absolute atomic E-state index is 12.3. The van der Waals surface area contributed by atoms with Crippen LogP contribution in [0.25, 0.3) is 5.69 Å². The highest BCUT2D eigenvalue weighted by molar-refractivity contribution is 7.99. The van der Waals surface area contributed by atoms with Gasteiger partial charge in [0.05, 0.1) is 16.3 Å². The molecule has 0 bridgehead atoms. The zero-order valence-electron chi connectivity index (χ0n) is 15.2. The standard InChI is InChI=1S/C17H18N6O3S2/c1-11-5-3-4-6-14(11)23-17(20-21-22-23)27-10-16(24)19-13-8-7-12(2)15(9-13)28(18,25)26/h3-9H,10H2,1-2H3,(H,19,24)(H2,18,25,26). The maximum Gasteiger partial charge on any atom is 0.238 e. The fourth-order valence-electron chi connectivity index (χ4n) is 2.53. The van der Waals surface area contributed by atoms with Gasteiger partial charge in [0.2, 0.25) is 21.1 Å². The van der Waals surface area contributed by atoms with E-state index in [2.05, 4.69) is 20.8 Å². The summed E-state index contributed by atoms with van der Waals surface area (Å²) in [5, 5.41) is 19.9. The van der Waals surface area contributed by atoms with E-state index in [4.69, 9.17) is 5.14 Å². The van der Waals surface area contributed by atoms with Crippen molar-refractivity contribution in [3.63, 3.8) is 0 Å². The molecule has 2 aromatic carbocycles. The Labute approximate surface area is 166 Å². The molecular weight excluding hydrogens is 400 g/mol. The molecule has 1 amide bonds. The third-order valence-electron chi connectivity index (χ3n) is 3.90. The maximum atomic E-state index is 12.3. The molecule has 3 N–H and O–H groups in total. The van der Waals surface area contributed by atoms with Crippen LogP contribution < -0.4 is 10.5 Å². The minimum absolute atomic E-state index is 0.0264. The molecule has 0 radical (unpaired) electrons. The number of aromatic nitrogens is 4. The number of hydrogen-bond acceptors (Lipinski definition) is 7. The number of sulfonamides is 1. The fraction of sp³-hybridized carbons (Fsp3) is 0.176. The summed E-state index contributed by atoms with van der Waals surface area (Å²) in [6, 6.07) is 12.2. The Bertz CT molecular complexity index is 1130. The minimum atomic E-state index is -3.87. The first-order valence-corrected chi connectivity index (χ1v) is 10.7. The molecule has 0 fully saturated rings. The third-order valence-corrected chi connectivity index (χ3v) is 5.87. The van der Waals surface area contributed by atoms with Gasteiger partial charge in [-0.15, -0.1) is 5.10 Å². The van der Waals surface area contributed by atoms with E-state index in [1.807, 2.05) is 31.2 Å². The average molecular weight is 419 g/mol. The molecule has 0 saturated carbocycles. The SMILES string of the molecule is Cc1ccccc1-n1nnnc1SCC(=O)Nc1ccc(C)c(S(N)(=O)=O)c1. The van der Waals surface area contributed by atoms with Gasteiger partial charge in [0.1, 0.15) is 0 Å². The van der Waals surface area contributed by atoms with Crippen molar-refractivity contribution < 1.29 is 13.2 Å². The van der Waals surface area contributed by atoms with E-state index in [0.29, 0.717) is 16.4 Å². The Hall–Kier alpha value is -2.76. The second-order valence-electron chi connectivity index (χ2n) is 6.02. The number of carbonyl (C=O) groups is 1. The number of para-hydroxylation sites is 1. The number of carbonyl (C=O) groups excluding carboxylic acids is 1. The van der Waals surface area contributed by atoms with E-state index in [-0.39, 0.29) is 16.6 Å². The number of nitrogens with two attached hydrogens (primary N) is 1. The summed E-state index contributed by atoms with van der Waals surface area (Å²) in [4.78, 5) is 12.3. The summed E-state index contributed by atoms with van der Waals surface area (Å²) >= 11 is 1.17. The summed E-state index contributed by atoms with van der Waals surface area (Å²) in [5.41, 5.74) is 2.68. The van der Waals surface area contributed by atoms with Gasteiger partial charge in [0.15, 0.2) is 0 Å². The smallest absolute Gasteiger partial charge is 0.238 e. The number of aryl methyl sites for hydroxylation is 2. The molecule has 9 nitrogen and oxygen atoms in total. The second-order valence-corrected chi connectivity index (χ2v) is 8.49. The van der Waals surface area contributed by atoms with E-state index >= 15 is 0 Å². The highest BCUT2D eigenvalue weighted by atomic mass is 32.2. The molecular formula is C17H18N6O3S2. The number of anilines is 1. The first-order valence-electron chi connectivity index (χ1n) is 8.16. The van der Waals surface area contributed by atoms with Crippen molar-refractivity contribution in [1.82, 2.24) is 20.2 Å². The van der Waals surface area contributed by atoms with Crippen molar-refractivity contribution in [2.75, 3.05) is 11.1 Å². The molecule has 0 spiro atoms. The second kappa shape index (κ2) is 8.09. The molecule has 3 rings (SSSR count). The quantitative estimate of drug-likeness (QED) is 0.582. The number of benzene rings is 2. The summed E-state index contributed by atoms with van der Waals surface area (Å²) in [5.74, 6) is -0.279. The molecule has 146 valence electrons. The zero-order valence-corrected chi connectivity index (χ0v) is 16.8. The normalized spacial score (nSPS) is 11.4. The number of amides is 1. The largest absolute Gasteiger partial charge is 0.325 e. The highest BCUT2D eigenvalue weighted by Crippen LogP contribution is 2.22. The van der Waals surface area contributed by atoms with E-state index < -0.39 is 10.0 Å². The zero-order chi connectivity index (χ0) is 20.3. The molecule has 0 aliphatic heterocycles. The van der Waals surface area contributed by atoms with Gasteiger partial charge in [-0.25, -0.2) is 13.6 Å². The summed E-state index contributed by atoms with van der Waals surface area (Å²) in [7, 11) is -3.87. The van der Waals surface area contributed by atoms with Crippen LogP contribution in [0.3, 0.4) is 0 Å². The molecule has 0 unspecified atom stereocenters. The molecule has 0 aliphatic rings. The van der Waals surface area contributed by atoms with Crippen LogP contribution in [0, 0.1) is 13.8 Å². The fourth-order valence-corrected chi connectivity index (χ4v) is 4.02. The predicted octanol–water partition coefficient (Wildman–Crippen LogP) is 1.66. The summed E-state index contributed by atoms with van der Waals surface area (Å²) in [6.07, 6.45) is 0. The van der Waals surface area contributed by atoms with Crippen LogP contribution >= 0.6 is 11.8 Å². The lowest BCUT2D eigenvalue weighted by Crippen LogP contribution is -2.17. The number of nitrogens with one attached hydrogen (secondary N) is 1. The lowest BCUT2D eigenvalue weighted by Gasteiger charge is -2.09. The van der Waals surface area contributed by atoms with Crippen LogP contribution in [0.4, 0.5) is 5.69 Å². The number of thioether (sulfide) groups is 1. The molecule has 1 aromatic heterocycles. The van der Waals surface area contributed by atoms with Crippen LogP contribution in [-0.2, 0) is 14.8 Å². The lowest BCUT2D eigenvalue weighted by molar-refractivity contribution is -0.113. The van der Waals surface area contributed by atoms with Gasteiger partial charge < -0.3 is 5.32 Å². The first-order chi connectivity index (χ1) is 13.3. The van der Waals surface area contributed by atoms with Crippen LogP contribution in [0.2, 0.25) is 0 Å². The molecule has 1 heterocycles. The van der Waals surface area contributed by atoms with E-state index in [1.54, 1.807) is 23.7 Å². The number of nitrogens with zero attached hydrogens (tertiary/aromatic N) is 4. The van der Waals surface area contributed by atoms with Gasteiger partial charge >= 0.3 is 0 Å². The van der Waals surface area contributed by atoms with Crippen LogP contribution in [-0.4, -0.2) is 40.3 Å². The van der Waals surface area contributed by atoms with E-state index in [1.165, 1.54) is 17.8 Å². The molecule has 3 aromatic rings. The van der Waals surface area contributed by atoms with Gasteiger partial charge in [-0.1, -0.05) is 36.0 Å².